The Morgan fingerprint density at radius 1 is 1.04 bits per heavy atom. The zero-order valence-corrected chi connectivity index (χ0v) is 15.6. The standard InChI is InChI=1S/C16H21NO8S/c1-9(2)5-13(14(18)19)17-26(22,23)12-7-10(15(20)24-3)6-11(8-12)16(21)25-4/h6-9,13,17H,5H2,1-4H3,(H,18,19)/t13-/m0/s1. The number of hydrogen-bond donors (Lipinski definition) is 2. The van der Waals surface area contributed by atoms with Gasteiger partial charge in [0.05, 0.1) is 30.2 Å². The van der Waals surface area contributed by atoms with Crippen LogP contribution in [0.25, 0.3) is 0 Å². The molecule has 10 heteroatoms. The first-order valence-electron chi connectivity index (χ1n) is 7.58. The van der Waals surface area contributed by atoms with Gasteiger partial charge in [0.15, 0.2) is 0 Å². The molecule has 1 rings (SSSR count). The van der Waals surface area contributed by atoms with Gasteiger partial charge in [0.2, 0.25) is 10.0 Å². The minimum absolute atomic E-state index is 0.0646. The Labute approximate surface area is 151 Å². The maximum Gasteiger partial charge on any atom is 0.337 e. The molecule has 2 N–H and O–H groups in total. The summed E-state index contributed by atoms with van der Waals surface area (Å²) in [7, 11) is -2.13. The number of benzene rings is 1. The SMILES string of the molecule is COC(=O)c1cc(C(=O)OC)cc(S(=O)(=O)N[C@@H](CC(C)C)C(=O)O)c1. The van der Waals surface area contributed by atoms with Crippen LogP contribution in [0.2, 0.25) is 0 Å². The fourth-order valence-corrected chi connectivity index (χ4v) is 3.42. The lowest BCUT2D eigenvalue weighted by Crippen LogP contribution is -2.41. The molecule has 0 fully saturated rings. The van der Waals surface area contributed by atoms with Gasteiger partial charge in [-0.1, -0.05) is 13.8 Å². The predicted molar refractivity (Wildman–Crippen MR) is 90.3 cm³/mol. The van der Waals surface area contributed by atoms with Gasteiger partial charge in [0.25, 0.3) is 0 Å². The van der Waals surface area contributed by atoms with E-state index in [1.54, 1.807) is 13.8 Å². The highest BCUT2D eigenvalue weighted by Crippen LogP contribution is 2.18. The van der Waals surface area contributed by atoms with E-state index in [1.807, 2.05) is 0 Å². The van der Waals surface area contributed by atoms with Crippen LogP contribution in [0.1, 0.15) is 41.0 Å². The van der Waals surface area contributed by atoms with Crippen molar-refractivity contribution < 1.29 is 37.4 Å². The molecule has 0 spiro atoms. The van der Waals surface area contributed by atoms with Crippen LogP contribution >= 0.6 is 0 Å². The Bertz CT molecular complexity index is 766. The molecular formula is C16H21NO8S. The minimum Gasteiger partial charge on any atom is -0.480 e. The van der Waals surface area contributed by atoms with Crippen molar-refractivity contribution in [3.63, 3.8) is 0 Å². The Kier molecular flexibility index (Phi) is 7.28. The third-order valence-corrected chi connectivity index (χ3v) is 4.81. The number of rotatable bonds is 8. The second-order valence-electron chi connectivity index (χ2n) is 5.87. The van der Waals surface area contributed by atoms with E-state index in [-0.39, 0.29) is 23.5 Å². The van der Waals surface area contributed by atoms with E-state index >= 15 is 0 Å². The molecule has 144 valence electrons. The Hall–Kier alpha value is -2.46. The first-order valence-corrected chi connectivity index (χ1v) is 9.07. The molecule has 0 heterocycles. The normalized spacial score (nSPS) is 12.5. The van der Waals surface area contributed by atoms with Crippen LogP contribution in [-0.2, 0) is 24.3 Å². The molecule has 0 bridgehead atoms. The second kappa shape index (κ2) is 8.77. The number of hydrogen-bond acceptors (Lipinski definition) is 7. The van der Waals surface area contributed by atoms with E-state index in [0.717, 1.165) is 32.4 Å². The van der Waals surface area contributed by atoms with Crippen LogP contribution in [0.4, 0.5) is 0 Å². The van der Waals surface area contributed by atoms with E-state index in [1.165, 1.54) is 0 Å². The van der Waals surface area contributed by atoms with Crippen LogP contribution < -0.4 is 4.72 Å². The van der Waals surface area contributed by atoms with E-state index in [0.29, 0.717) is 0 Å². The second-order valence-corrected chi connectivity index (χ2v) is 7.58. The van der Waals surface area contributed by atoms with Crippen LogP contribution in [0.5, 0.6) is 0 Å². The largest absolute Gasteiger partial charge is 0.480 e. The first kappa shape index (κ1) is 21.6. The van der Waals surface area contributed by atoms with Crippen LogP contribution in [0.15, 0.2) is 23.1 Å². The quantitative estimate of drug-likeness (QED) is 0.631. The number of methoxy groups -OCH3 is 2. The maximum atomic E-state index is 12.6. The molecule has 0 aliphatic heterocycles. The summed E-state index contributed by atoms with van der Waals surface area (Å²) in [5.74, 6) is -3.13. The number of aliphatic carboxylic acids is 1. The number of esters is 2. The summed E-state index contributed by atoms with van der Waals surface area (Å²) < 4.78 is 36.3. The highest BCUT2D eigenvalue weighted by Gasteiger charge is 2.28. The van der Waals surface area contributed by atoms with Crippen molar-refractivity contribution in [2.75, 3.05) is 14.2 Å². The van der Waals surface area contributed by atoms with Gasteiger partial charge in [-0.05, 0) is 30.5 Å². The molecule has 26 heavy (non-hydrogen) atoms. The maximum absolute atomic E-state index is 12.6. The van der Waals surface area contributed by atoms with Crippen molar-refractivity contribution in [1.29, 1.82) is 0 Å². The fraction of sp³-hybridized carbons (Fsp3) is 0.438. The van der Waals surface area contributed by atoms with Crippen LogP contribution in [0.3, 0.4) is 0 Å². The minimum atomic E-state index is -4.33. The number of nitrogens with one attached hydrogen (secondary N) is 1. The van der Waals surface area contributed by atoms with Gasteiger partial charge < -0.3 is 14.6 Å². The van der Waals surface area contributed by atoms with Gasteiger partial charge in [-0.2, -0.15) is 4.72 Å². The molecule has 0 amide bonds. The van der Waals surface area contributed by atoms with E-state index in [4.69, 9.17) is 0 Å². The summed E-state index contributed by atoms with van der Waals surface area (Å²) in [6.45, 7) is 3.49. The van der Waals surface area contributed by atoms with Crippen LogP contribution in [0, 0.1) is 5.92 Å². The van der Waals surface area contributed by atoms with Crippen molar-refractivity contribution in [2.24, 2.45) is 5.92 Å². The number of carboxylic acids is 1. The lowest BCUT2D eigenvalue weighted by atomic mass is 10.1. The molecule has 1 aromatic carbocycles. The zero-order chi connectivity index (χ0) is 20.1. The van der Waals surface area contributed by atoms with Crippen molar-refractivity contribution in [3.8, 4) is 0 Å². The van der Waals surface area contributed by atoms with Gasteiger partial charge in [-0.25, -0.2) is 18.0 Å². The number of sulfonamides is 1. The monoisotopic (exact) mass is 387 g/mol. The predicted octanol–water partition coefficient (Wildman–Crippen LogP) is 1.04. The molecule has 0 unspecified atom stereocenters. The zero-order valence-electron chi connectivity index (χ0n) is 14.8. The van der Waals surface area contributed by atoms with Gasteiger partial charge in [0, 0.05) is 0 Å². The molecule has 0 aromatic heterocycles. The summed E-state index contributed by atoms with van der Waals surface area (Å²) >= 11 is 0. The van der Waals surface area contributed by atoms with Crippen molar-refractivity contribution in [1.82, 2.24) is 4.72 Å². The van der Waals surface area contributed by atoms with Gasteiger partial charge >= 0.3 is 17.9 Å². The Balaban J connectivity index is 3.39. The van der Waals surface area contributed by atoms with E-state index < -0.39 is 38.9 Å². The third kappa shape index (κ3) is 5.53. The Morgan fingerprint density at radius 3 is 1.85 bits per heavy atom. The molecule has 1 aromatic rings. The van der Waals surface area contributed by atoms with Crippen molar-refractivity contribution in [2.45, 2.75) is 31.2 Å². The third-order valence-electron chi connectivity index (χ3n) is 3.36. The molecule has 0 radical (unpaired) electrons. The van der Waals surface area contributed by atoms with Gasteiger partial charge in [-0.3, -0.25) is 4.79 Å². The summed E-state index contributed by atoms with van der Waals surface area (Å²) in [6, 6.07) is 1.76. The number of carboxylic acid groups (broad SMARTS) is 1. The molecular weight excluding hydrogens is 366 g/mol. The summed E-state index contributed by atoms with van der Waals surface area (Å²) in [6.07, 6.45) is 0.0646. The number of carbonyl (C=O) groups excluding carboxylic acids is 2. The fourth-order valence-electron chi connectivity index (χ4n) is 2.15. The lowest BCUT2D eigenvalue weighted by molar-refractivity contribution is -0.139. The van der Waals surface area contributed by atoms with Gasteiger partial charge in [0.1, 0.15) is 6.04 Å². The van der Waals surface area contributed by atoms with Gasteiger partial charge in [-0.15, -0.1) is 0 Å². The number of carbonyl (C=O) groups is 3. The highest BCUT2D eigenvalue weighted by atomic mass is 32.2. The molecule has 0 saturated heterocycles. The summed E-state index contributed by atoms with van der Waals surface area (Å²) in [5.41, 5.74) is -0.377. The van der Waals surface area contributed by atoms with E-state index in [9.17, 15) is 27.9 Å². The highest BCUT2D eigenvalue weighted by molar-refractivity contribution is 7.89. The first-order chi connectivity index (χ1) is 12.0. The molecule has 0 aliphatic rings. The van der Waals surface area contributed by atoms with Crippen molar-refractivity contribution >= 4 is 27.9 Å². The Morgan fingerprint density at radius 2 is 1.50 bits per heavy atom. The summed E-state index contributed by atoms with van der Waals surface area (Å²) in [4.78, 5) is 34.4. The average Bonchev–Trinajstić information content (AvgIpc) is 2.58. The number of ether oxygens (including phenoxy) is 2. The topological polar surface area (TPSA) is 136 Å². The van der Waals surface area contributed by atoms with Crippen LogP contribution in [-0.4, -0.2) is 51.7 Å². The average molecular weight is 387 g/mol. The smallest absolute Gasteiger partial charge is 0.337 e. The molecule has 0 saturated carbocycles. The van der Waals surface area contributed by atoms with E-state index in [2.05, 4.69) is 14.2 Å². The van der Waals surface area contributed by atoms with Crippen molar-refractivity contribution in [3.05, 3.63) is 29.3 Å². The summed E-state index contributed by atoms with van der Waals surface area (Å²) in [5, 5.41) is 9.22. The lowest BCUT2D eigenvalue weighted by Gasteiger charge is -2.17. The molecule has 9 nitrogen and oxygen atoms in total. The molecule has 0 aliphatic carbocycles. The molecule has 1 atom stereocenters.